The molecule has 1 rings (SSSR count). The van der Waals surface area contributed by atoms with Crippen molar-refractivity contribution in [3.05, 3.63) is 36.9 Å². The molecule has 0 aliphatic carbocycles. The third-order valence-electron chi connectivity index (χ3n) is 1.63. The van der Waals surface area contributed by atoms with Crippen LogP contribution in [0.25, 0.3) is 0 Å². The van der Waals surface area contributed by atoms with E-state index in [2.05, 4.69) is 16.3 Å². The molecule has 0 aliphatic heterocycles. The van der Waals surface area contributed by atoms with E-state index in [1.807, 2.05) is 0 Å². The fourth-order valence-corrected chi connectivity index (χ4v) is 1.94. The van der Waals surface area contributed by atoms with Gasteiger partial charge in [-0.05, 0) is 12.5 Å². The van der Waals surface area contributed by atoms with Gasteiger partial charge in [0.05, 0.1) is 6.20 Å². The SMILES string of the molecule is C=CCCNS(=O)(=O)c1cncc(F)c1. The molecule has 1 heterocycles. The lowest BCUT2D eigenvalue weighted by molar-refractivity contribution is 0.576. The highest BCUT2D eigenvalue weighted by molar-refractivity contribution is 7.89. The predicted octanol–water partition coefficient (Wildman–Crippen LogP) is 1.08. The van der Waals surface area contributed by atoms with Crippen molar-refractivity contribution in [1.29, 1.82) is 0 Å². The van der Waals surface area contributed by atoms with Crippen molar-refractivity contribution < 1.29 is 12.8 Å². The Bertz CT molecular complexity index is 445. The molecule has 0 atom stereocenters. The quantitative estimate of drug-likeness (QED) is 0.608. The minimum Gasteiger partial charge on any atom is -0.260 e. The van der Waals surface area contributed by atoms with Gasteiger partial charge < -0.3 is 0 Å². The van der Waals surface area contributed by atoms with Gasteiger partial charge in [-0.25, -0.2) is 17.5 Å². The van der Waals surface area contributed by atoms with E-state index in [1.165, 1.54) is 0 Å². The van der Waals surface area contributed by atoms with E-state index < -0.39 is 15.8 Å². The van der Waals surface area contributed by atoms with Crippen LogP contribution in [0.3, 0.4) is 0 Å². The highest BCUT2D eigenvalue weighted by Crippen LogP contribution is 2.07. The van der Waals surface area contributed by atoms with Crippen molar-refractivity contribution in [2.45, 2.75) is 11.3 Å². The van der Waals surface area contributed by atoms with E-state index in [4.69, 9.17) is 0 Å². The molecular weight excluding hydrogens is 219 g/mol. The largest absolute Gasteiger partial charge is 0.260 e. The van der Waals surface area contributed by atoms with Crippen molar-refractivity contribution >= 4 is 10.0 Å². The van der Waals surface area contributed by atoms with E-state index in [9.17, 15) is 12.8 Å². The highest BCUT2D eigenvalue weighted by atomic mass is 32.2. The zero-order valence-corrected chi connectivity index (χ0v) is 8.80. The van der Waals surface area contributed by atoms with Crippen LogP contribution in [0.15, 0.2) is 36.0 Å². The highest BCUT2D eigenvalue weighted by Gasteiger charge is 2.13. The number of pyridine rings is 1. The predicted molar refractivity (Wildman–Crippen MR) is 54.2 cm³/mol. The number of aromatic nitrogens is 1. The van der Waals surface area contributed by atoms with Gasteiger partial charge in [-0.15, -0.1) is 6.58 Å². The van der Waals surface area contributed by atoms with Crippen LogP contribution < -0.4 is 4.72 Å². The monoisotopic (exact) mass is 230 g/mol. The Hall–Kier alpha value is -1.27. The maximum absolute atomic E-state index is 12.7. The van der Waals surface area contributed by atoms with E-state index in [-0.39, 0.29) is 11.4 Å². The molecule has 1 N–H and O–H groups in total. The molecule has 0 unspecified atom stereocenters. The molecule has 0 fully saturated rings. The molecule has 0 radical (unpaired) electrons. The van der Waals surface area contributed by atoms with Gasteiger partial charge in [0, 0.05) is 12.7 Å². The topological polar surface area (TPSA) is 59.1 Å². The Kier molecular flexibility index (Phi) is 3.93. The number of halogens is 1. The van der Waals surface area contributed by atoms with E-state index in [1.54, 1.807) is 6.08 Å². The standard InChI is InChI=1S/C9H11FN2O2S/c1-2-3-4-12-15(13,14)9-5-8(10)6-11-7-9/h2,5-7,12H,1,3-4H2. The van der Waals surface area contributed by atoms with E-state index in [0.29, 0.717) is 6.42 Å². The molecule has 0 amide bonds. The molecule has 1 aromatic rings. The molecule has 0 saturated carbocycles. The molecule has 0 aliphatic rings. The molecule has 0 spiro atoms. The van der Waals surface area contributed by atoms with Crippen LogP contribution >= 0.6 is 0 Å². The van der Waals surface area contributed by atoms with Gasteiger partial charge in [0.25, 0.3) is 0 Å². The normalized spacial score (nSPS) is 11.3. The average Bonchev–Trinajstić information content (AvgIpc) is 2.18. The van der Waals surface area contributed by atoms with Crippen LogP contribution in [0, 0.1) is 5.82 Å². The third kappa shape index (κ3) is 3.41. The molecule has 1 aromatic heterocycles. The summed E-state index contributed by atoms with van der Waals surface area (Å²) in [5.74, 6) is -0.679. The fourth-order valence-electron chi connectivity index (χ4n) is 0.918. The number of nitrogens with one attached hydrogen (secondary N) is 1. The van der Waals surface area contributed by atoms with E-state index >= 15 is 0 Å². The van der Waals surface area contributed by atoms with Crippen LogP contribution in [0.5, 0.6) is 0 Å². The second-order valence-electron chi connectivity index (χ2n) is 2.81. The Morgan fingerprint density at radius 1 is 1.53 bits per heavy atom. The van der Waals surface area contributed by atoms with Crippen molar-refractivity contribution in [1.82, 2.24) is 9.71 Å². The average molecular weight is 230 g/mol. The van der Waals surface area contributed by atoms with Crippen LogP contribution in [-0.4, -0.2) is 19.9 Å². The fraction of sp³-hybridized carbons (Fsp3) is 0.222. The lowest BCUT2D eigenvalue weighted by atomic mass is 10.4. The smallest absolute Gasteiger partial charge is 0.242 e. The maximum atomic E-state index is 12.7. The Balaban J connectivity index is 2.82. The summed E-state index contributed by atoms with van der Waals surface area (Å²) in [7, 11) is -3.66. The summed E-state index contributed by atoms with van der Waals surface area (Å²) in [6.45, 7) is 3.70. The van der Waals surface area contributed by atoms with Gasteiger partial charge in [-0.2, -0.15) is 0 Å². The lowest BCUT2D eigenvalue weighted by Gasteiger charge is -2.04. The summed E-state index contributed by atoms with van der Waals surface area (Å²) < 4.78 is 38.0. The molecule has 15 heavy (non-hydrogen) atoms. The lowest BCUT2D eigenvalue weighted by Crippen LogP contribution is -2.24. The number of rotatable bonds is 5. The second kappa shape index (κ2) is 4.99. The summed E-state index contributed by atoms with van der Waals surface area (Å²) >= 11 is 0. The van der Waals surface area contributed by atoms with Crippen LogP contribution in [0.4, 0.5) is 4.39 Å². The van der Waals surface area contributed by atoms with Crippen LogP contribution in [-0.2, 0) is 10.0 Å². The first kappa shape index (κ1) is 11.8. The third-order valence-corrected chi connectivity index (χ3v) is 3.06. The Morgan fingerprint density at radius 2 is 2.27 bits per heavy atom. The van der Waals surface area contributed by atoms with Crippen molar-refractivity contribution in [2.75, 3.05) is 6.54 Å². The maximum Gasteiger partial charge on any atom is 0.242 e. The second-order valence-corrected chi connectivity index (χ2v) is 4.58. The van der Waals surface area contributed by atoms with Gasteiger partial charge >= 0.3 is 0 Å². The summed E-state index contributed by atoms with van der Waals surface area (Å²) in [6.07, 6.45) is 4.15. The first-order valence-electron chi connectivity index (χ1n) is 4.27. The Morgan fingerprint density at radius 3 is 2.87 bits per heavy atom. The minimum atomic E-state index is -3.66. The number of sulfonamides is 1. The number of nitrogens with zero attached hydrogens (tertiary/aromatic N) is 1. The summed E-state index contributed by atoms with van der Waals surface area (Å²) in [6, 6.07) is 0.920. The first-order valence-corrected chi connectivity index (χ1v) is 5.75. The van der Waals surface area contributed by atoms with E-state index in [0.717, 1.165) is 18.5 Å². The van der Waals surface area contributed by atoms with Crippen LogP contribution in [0.2, 0.25) is 0 Å². The molecule has 82 valence electrons. The number of hydrogen-bond acceptors (Lipinski definition) is 3. The summed E-state index contributed by atoms with van der Waals surface area (Å²) in [5, 5.41) is 0. The van der Waals surface area contributed by atoms with Gasteiger partial charge in [-0.3, -0.25) is 4.98 Å². The van der Waals surface area contributed by atoms with Crippen molar-refractivity contribution in [3.63, 3.8) is 0 Å². The van der Waals surface area contributed by atoms with Gasteiger partial charge in [0.2, 0.25) is 10.0 Å². The molecule has 0 saturated heterocycles. The summed E-state index contributed by atoms with van der Waals surface area (Å²) in [4.78, 5) is 3.29. The molecule has 4 nitrogen and oxygen atoms in total. The first-order chi connectivity index (χ1) is 7.06. The molecular formula is C9H11FN2O2S. The molecule has 0 bridgehead atoms. The minimum absolute atomic E-state index is 0.174. The zero-order valence-electron chi connectivity index (χ0n) is 7.98. The van der Waals surface area contributed by atoms with Gasteiger partial charge in [0.15, 0.2) is 0 Å². The molecule has 6 heteroatoms. The van der Waals surface area contributed by atoms with Crippen molar-refractivity contribution in [2.24, 2.45) is 0 Å². The van der Waals surface area contributed by atoms with Crippen molar-refractivity contribution in [3.8, 4) is 0 Å². The summed E-state index contributed by atoms with van der Waals surface area (Å²) in [5.41, 5.74) is 0. The number of hydrogen-bond donors (Lipinski definition) is 1. The molecule has 0 aromatic carbocycles. The van der Waals surface area contributed by atoms with Crippen LogP contribution in [0.1, 0.15) is 6.42 Å². The van der Waals surface area contributed by atoms with Gasteiger partial charge in [-0.1, -0.05) is 6.08 Å². The van der Waals surface area contributed by atoms with Gasteiger partial charge in [0.1, 0.15) is 10.7 Å². The Labute approximate surface area is 87.9 Å². The zero-order chi connectivity index (χ0) is 11.3.